The number of ketones is 1. The van der Waals surface area contributed by atoms with E-state index in [1.54, 1.807) is 18.7 Å². The maximum atomic E-state index is 11.4. The Morgan fingerprint density at radius 1 is 1.07 bits per heavy atom. The number of carbonyl (C=O) groups excluding carboxylic acids is 1. The maximum Gasteiger partial charge on any atom is 0.169 e. The molecule has 0 saturated carbocycles. The summed E-state index contributed by atoms with van der Waals surface area (Å²) in [6, 6.07) is 15.7. The van der Waals surface area contributed by atoms with Crippen molar-refractivity contribution in [3.8, 4) is 0 Å². The van der Waals surface area contributed by atoms with Crippen molar-refractivity contribution < 1.29 is 4.79 Å². The first-order valence-electron chi connectivity index (χ1n) is 9.30. The summed E-state index contributed by atoms with van der Waals surface area (Å²) in [5, 5.41) is 4.95. The van der Waals surface area contributed by atoms with Crippen molar-refractivity contribution in [1.82, 2.24) is 10.2 Å². The van der Waals surface area contributed by atoms with E-state index < -0.39 is 0 Å². The van der Waals surface area contributed by atoms with Crippen LogP contribution in [0.2, 0.25) is 5.02 Å². The minimum atomic E-state index is 0.0991. The van der Waals surface area contributed by atoms with Crippen LogP contribution in [0.25, 0.3) is 0 Å². The van der Waals surface area contributed by atoms with Crippen LogP contribution in [-0.4, -0.2) is 54.3 Å². The number of piperazine rings is 1. The molecule has 1 aliphatic heterocycles. The zero-order valence-electron chi connectivity index (χ0n) is 15.9. The topological polar surface area (TPSA) is 35.6 Å². The van der Waals surface area contributed by atoms with Gasteiger partial charge in [0.25, 0.3) is 0 Å². The number of hydrogen-bond acceptors (Lipinski definition) is 4. The summed E-state index contributed by atoms with van der Waals surface area (Å²) in [6.45, 7) is 6.05. The SMILES string of the molecule is CC(=O)c1ccc(N2CCN(C(=S)NCCSc3ccc(Cl)cc3)CC2)cc1. The Bertz CT molecular complexity index is 803. The fraction of sp³-hybridized carbons (Fsp3) is 0.333. The highest BCUT2D eigenvalue weighted by atomic mass is 35.5. The lowest BCUT2D eigenvalue weighted by molar-refractivity contribution is 0.101. The number of benzene rings is 2. The largest absolute Gasteiger partial charge is 0.368 e. The summed E-state index contributed by atoms with van der Waals surface area (Å²) in [7, 11) is 0. The molecule has 1 saturated heterocycles. The Hall–Kier alpha value is -1.76. The first-order valence-corrected chi connectivity index (χ1v) is 11.1. The van der Waals surface area contributed by atoms with Crippen molar-refractivity contribution in [3.63, 3.8) is 0 Å². The van der Waals surface area contributed by atoms with Crippen molar-refractivity contribution in [2.75, 3.05) is 43.4 Å². The molecule has 1 aliphatic rings. The molecule has 1 fully saturated rings. The average molecular weight is 434 g/mol. The average Bonchev–Trinajstić information content (AvgIpc) is 2.72. The quantitative estimate of drug-likeness (QED) is 0.316. The fourth-order valence-electron chi connectivity index (χ4n) is 3.04. The Labute approximate surface area is 181 Å². The molecule has 4 nitrogen and oxygen atoms in total. The Morgan fingerprint density at radius 2 is 1.71 bits per heavy atom. The van der Waals surface area contributed by atoms with Crippen molar-refractivity contribution >= 4 is 52.2 Å². The van der Waals surface area contributed by atoms with E-state index in [2.05, 4.69) is 15.1 Å². The van der Waals surface area contributed by atoms with Gasteiger partial charge in [0.2, 0.25) is 0 Å². The summed E-state index contributed by atoms with van der Waals surface area (Å²) >= 11 is 13.2. The first-order chi connectivity index (χ1) is 13.5. The molecule has 1 heterocycles. The predicted octanol–water partition coefficient (Wildman–Crippen LogP) is 4.33. The molecule has 28 heavy (non-hydrogen) atoms. The number of thiocarbonyl (C=S) groups is 1. The molecule has 0 bridgehead atoms. The van der Waals surface area contributed by atoms with E-state index in [0.29, 0.717) is 0 Å². The summed E-state index contributed by atoms with van der Waals surface area (Å²) in [4.78, 5) is 17.2. The van der Waals surface area contributed by atoms with E-state index in [4.69, 9.17) is 23.8 Å². The fourth-order valence-corrected chi connectivity index (χ4v) is 4.22. The molecule has 0 radical (unpaired) electrons. The normalized spacial score (nSPS) is 14.1. The van der Waals surface area contributed by atoms with Crippen LogP contribution in [0.3, 0.4) is 0 Å². The monoisotopic (exact) mass is 433 g/mol. The van der Waals surface area contributed by atoms with E-state index in [0.717, 1.165) is 59.9 Å². The van der Waals surface area contributed by atoms with Crippen LogP contribution in [0, 0.1) is 0 Å². The third kappa shape index (κ3) is 5.87. The maximum absolute atomic E-state index is 11.4. The molecular weight excluding hydrogens is 410 g/mol. The molecule has 0 spiro atoms. The molecule has 0 aliphatic carbocycles. The van der Waals surface area contributed by atoms with Gasteiger partial charge < -0.3 is 15.1 Å². The van der Waals surface area contributed by atoms with Gasteiger partial charge in [-0.15, -0.1) is 11.8 Å². The van der Waals surface area contributed by atoms with Gasteiger partial charge in [-0.05, 0) is 67.7 Å². The second kappa shape index (κ2) is 10.1. The molecule has 2 aromatic rings. The molecule has 2 aromatic carbocycles. The summed E-state index contributed by atoms with van der Waals surface area (Å²) in [5.74, 6) is 1.05. The Balaban J connectivity index is 1.38. The standard InChI is InChI=1S/C21H24ClN3OS2/c1-16(26)17-2-6-19(7-3-17)24-11-13-25(14-12-24)21(27)23-10-15-28-20-8-4-18(22)5-9-20/h2-9H,10-15H2,1H3,(H,23,27). The molecular formula is C21H24ClN3OS2. The molecule has 3 rings (SSSR count). The predicted molar refractivity (Wildman–Crippen MR) is 123 cm³/mol. The molecule has 148 valence electrons. The lowest BCUT2D eigenvalue weighted by atomic mass is 10.1. The van der Waals surface area contributed by atoms with Crippen molar-refractivity contribution in [1.29, 1.82) is 0 Å². The minimum Gasteiger partial charge on any atom is -0.368 e. The van der Waals surface area contributed by atoms with Crippen LogP contribution in [0.4, 0.5) is 5.69 Å². The lowest BCUT2D eigenvalue weighted by Gasteiger charge is -2.37. The highest BCUT2D eigenvalue weighted by Crippen LogP contribution is 2.20. The zero-order valence-corrected chi connectivity index (χ0v) is 18.2. The van der Waals surface area contributed by atoms with Gasteiger partial charge in [-0.2, -0.15) is 0 Å². The van der Waals surface area contributed by atoms with Crippen LogP contribution in [-0.2, 0) is 0 Å². The van der Waals surface area contributed by atoms with Gasteiger partial charge in [-0.25, -0.2) is 0 Å². The number of nitrogens with zero attached hydrogens (tertiary/aromatic N) is 2. The van der Waals surface area contributed by atoms with Crippen LogP contribution in [0.5, 0.6) is 0 Å². The van der Waals surface area contributed by atoms with E-state index in [1.165, 1.54) is 4.90 Å². The van der Waals surface area contributed by atoms with Crippen LogP contribution in [0.15, 0.2) is 53.4 Å². The number of hydrogen-bond donors (Lipinski definition) is 1. The third-order valence-electron chi connectivity index (χ3n) is 4.67. The van der Waals surface area contributed by atoms with Gasteiger partial charge in [0, 0.05) is 59.6 Å². The highest BCUT2D eigenvalue weighted by molar-refractivity contribution is 7.99. The second-order valence-corrected chi connectivity index (χ2v) is 8.60. The van der Waals surface area contributed by atoms with Gasteiger partial charge in [0.05, 0.1) is 0 Å². The lowest BCUT2D eigenvalue weighted by Crippen LogP contribution is -2.52. The number of halogens is 1. The smallest absolute Gasteiger partial charge is 0.169 e. The summed E-state index contributed by atoms with van der Waals surface area (Å²) in [6.07, 6.45) is 0. The number of rotatable bonds is 6. The highest BCUT2D eigenvalue weighted by Gasteiger charge is 2.19. The van der Waals surface area contributed by atoms with E-state index in [-0.39, 0.29) is 5.78 Å². The molecule has 0 atom stereocenters. The molecule has 0 unspecified atom stereocenters. The van der Waals surface area contributed by atoms with Crippen LogP contribution in [0.1, 0.15) is 17.3 Å². The Morgan fingerprint density at radius 3 is 2.32 bits per heavy atom. The van der Waals surface area contributed by atoms with Gasteiger partial charge in [0.15, 0.2) is 10.9 Å². The number of thioether (sulfide) groups is 1. The number of anilines is 1. The number of Topliss-reactive ketones (excluding diaryl/α,β-unsaturated/α-hetero) is 1. The van der Waals surface area contributed by atoms with Gasteiger partial charge in [0.1, 0.15) is 0 Å². The van der Waals surface area contributed by atoms with Gasteiger partial charge in [-0.3, -0.25) is 4.79 Å². The third-order valence-corrected chi connectivity index (χ3v) is 6.33. The molecule has 7 heteroatoms. The summed E-state index contributed by atoms with van der Waals surface area (Å²) in [5.41, 5.74) is 1.91. The molecule has 0 amide bonds. The van der Waals surface area contributed by atoms with E-state index in [1.807, 2.05) is 48.5 Å². The molecule has 0 aromatic heterocycles. The zero-order chi connectivity index (χ0) is 19.9. The number of nitrogens with one attached hydrogen (secondary N) is 1. The van der Waals surface area contributed by atoms with Crippen molar-refractivity contribution in [2.45, 2.75) is 11.8 Å². The van der Waals surface area contributed by atoms with Gasteiger partial charge >= 0.3 is 0 Å². The van der Waals surface area contributed by atoms with E-state index >= 15 is 0 Å². The van der Waals surface area contributed by atoms with Gasteiger partial charge in [-0.1, -0.05) is 11.6 Å². The van der Waals surface area contributed by atoms with Crippen LogP contribution >= 0.6 is 35.6 Å². The minimum absolute atomic E-state index is 0.0991. The summed E-state index contributed by atoms with van der Waals surface area (Å²) < 4.78 is 0. The second-order valence-electron chi connectivity index (χ2n) is 6.61. The van der Waals surface area contributed by atoms with Crippen LogP contribution < -0.4 is 10.2 Å². The van der Waals surface area contributed by atoms with Crippen molar-refractivity contribution in [2.24, 2.45) is 0 Å². The first kappa shape index (κ1) is 21.0. The Kier molecular flexibility index (Phi) is 7.59. The molecule has 1 N–H and O–H groups in total. The van der Waals surface area contributed by atoms with Crippen molar-refractivity contribution in [3.05, 3.63) is 59.1 Å². The van der Waals surface area contributed by atoms with E-state index in [9.17, 15) is 4.79 Å². The number of carbonyl (C=O) groups is 1.